The summed E-state index contributed by atoms with van der Waals surface area (Å²) in [7, 11) is 0. The highest BCUT2D eigenvalue weighted by molar-refractivity contribution is 4.88. The summed E-state index contributed by atoms with van der Waals surface area (Å²) in [6.45, 7) is 13.3. The molecule has 4 unspecified atom stereocenters. The second-order valence-electron chi connectivity index (χ2n) is 7.91. The fourth-order valence-electron chi connectivity index (χ4n) is 3.74. The average molecular weight is 284 g/mol. The van der Waals surface area contributed by atoms with Gasteiger partial charge < -0.3 is 9.47 Å². The van der Waals surface area contributed by atoms with E-state index in [9.17, 15) is 0 Å². The quantitative estimate of drug-likeness (QED) is 0.836. The molecular weight excluding hydrogens is 252 g/mol. The summed E-state index contributed by atoms with van der Waals surface area (Å²) >= 11 is 0. The lowest BCUT2D eigenvalue weighted by Crippen LogP contribution is -2.57. The van der Waals surface area contributed by atoms with Crippen molar-refractivity contribution in [3.05, 3.63) is 0 Å². The van der Waals surface area contributed by atoms with Crippen LogP contribution in [-0.2, 0) is 9.47 Å². The summed E-state index contributed by atoms with van der Waals surface area (Å²) in [5.74, 6) is 0. The first-order valence-corrected chi connectivity index (χ1v) is 8.01. The highest BCUT2D eigenvalue weighted by Crippen LogP contribution is 2.26. The van der Waals surface area contributed by atoms with Crippen LogP contribution in [0.1, 0.15) is 67.2 Å². The summed E-state index contributed by atoms with van der Waals surface area (Å²) in [6.07, 6.45) is 5.01. The van der Waals surface area contributed by atoms with E-state index in [4.69, 9.17) is 9.47 Å². The standard InChI is InChI=1S/C16H32N2O2/c1-11-9-15(3,4)17-13(19-11)7-8-14-18-16(5,6)10-12(2)20-14/h11-14,17-18H,7-10H2,1-6H3. The van der Waals surface area contributed by atoms with Crippen molar-refractivity contribution in [3.8, 4) is 0 Å². The summed E-state index contributed by atoms with van der Waals surface area (Å²) < 4.78 is 12.0. The van der Waals surface area contributed by atoms with Gasteiger partial charge in [0.1, 0.15) is 12.5 Å². The van der Waals surface area contributed by atoms with Crippen molar-refractivity contribution in [2.75, 3.05) is 0 Å². The lowest BCUT2D eigenvalue weighted by Gasteiger charge is -2.43. The third-order valence-electron chi connectivity index (χ3n) is 4.18. The Labute approximate surface area is 124 Å². The van der Waals surface area contributed by atoms with Crippen LogP contribution in [0.15, 0.2) is 0 Å². The minimum Gasteiger partial charge on any atom is -0.360 e. The van der Waals surface area contributed by atoms with Gasteiger partial charge in [-0.15, -0.1) is 0 Å². The molecule has 0 amide bonds. The van der Waals surface area contributed by atoms with E-state index in [1.165, 1.54) is 0 Å². The van der Waals surface area contributed by atoms with Crippen molar-refractivity contribution in [3.63, 3.8) is 0 Å². The first kappa shape index (κ1) is 16.2. The van der Waals surface area contributed by atoms with E-state index in [0.717, 1.165) is 25.7 Å². The molecule has 4 nitrogen and oxygen atoms in total. The van der Waals surface area contributed by atoms with Crippen LogP contribution in [0, 0.1) is 0 Å². The van der Waals surface area contributed by atoms with Crippen molar-refractivity contribution in [2.45, 2.75) is 103 Å². The van der Waals surface area contributed by atoms with E-state index in [1.54, 1.807) is 0 Å². The van der Waals surface area contributed by atoms with Gasteiger partial charge in [0.25, 0.3) is 0 Å². The largest absolute Gasteiger partial charge is 0.360 e. The lowest BCUT2D eigenvalue weighted by molar-refractivity contribution is -0.117. The monoisotopic (exact) mass is 284 g/mol. The van der Waals surface area contributed by atoms with Gasteiger partial charge in [-0.25, -0.2) is 0 Å². The van der Waals surface area contributed by atoms with E-state index in [-0.39, 0.29) is 23.5 Å². The third kappa shape index (κ3) is 4.69. The molecule has 118 valence electrons. The summed E-state index contributed by atoms with van der Waals surface area (Å²) in [5, 5.41) is 7.18. The van der Waals surface area contributed by atoms with E-state index in [1.807, 2.05) is 0 Å². The second kappa shape index (κ2) is 5.91. The van der Waals surface area contributed by atoms with Gasteiger partial charge in [0, 0.05) is 11.1 Å². The zero-order valence-corrected chi connectivity index (χ0v) is 14.0. The molecule has 0 saturated carbocycles. The maximum Gasteiger partial charge on any atom is 0.109 e. The van der Waals surface area contributed by atoms with E-state index >= 15 is 0 Å². The smallest absolute Gasteiger partial charge is 0.109 e. The molecule has 0 radical (unpaired) electrons. The van der Waals surface area contributed by atoms with Crippen molar-refractivity contribution in [1.82, 2.24) is 10.6 Å². The van der Waals surface area contributed by atoms with Crippen LogP contribution in [0.3, 0.4) is 0 Å². The molecule has 2 aliphatic heterocycles. The number of rotatable bonds is 3. The van der Waals surface area contributed by atoms with Crippen LogP contribution < -0.4 is 10.6 Å². The minimum atomic E-state index is 0.138. The Morgan fingerprint density at radius 3 is 1.45 bits per heavy atom. The maximum atomic E-state index is 6.00. The molecule has 2 fully saturated rings. The number of ether oxygens (including phenoxy) is 2. The topological polar surface area (TPSA) is 42.5 Å². The molecule has 20 heavy (non-hydrogen) atoms. The normalized spacial score (nSPS) is 40.5. The molecule has 0 aromatic carbocycles. The summed E-state index contributed by atoms with van der Waals surface area (Å²) in [6, 6.07) is 0. The first-order chi connectivity index (χ1) is 9.15. The Hall–Kier alpha value is -0.160. The van der Waals surface area contributed by atoms with Gasteiger partial charge in [-0.05, 0) is 67.2 Å². The van der Waals surface area contributed by atoms with Crippen molar-refractivity contribution in [2.24, 2.45) is 0 Å². The Kier molecular flexibility index (Phi) is 4.80. The Bertz CT molecular complexity index is 298. The highest BCUT2D eigenvalue weighted by Gasteiger charge is 2.34. The molecule has 2 aliphatic rings. The van der Waals surface area contributed by atoms with Crippen LogP contribution >= 0.6 is 0 Å². The Morgan fingerprint density at radius 2 is 1.15 bits per heavy atom. The van der Waals surface area contributed by atoms with Gasteiger partial charge in [0.05, 0.1) is 12.2 Å². The molecule has 2 saturated heterocycles. The van der Waals surface area contributed by atoms with Gasteiger partial charge in [0.2, 0.25) is 0 Å². The fourth-order valence-corrected chi connectivity index (χ4v) is 3.74. The van der Waals surface area contributed by atoms with Crippen LogP contribution in [-0.4, -0.2) is 35.7 Å². The first-order valence-electron chi connectivity index (χ1n) is 8.01. The minimum absolute atomic E-state index is 0.138. The zero-order valence-electron chi connectivity index (χ0n) is 14.0. The third-order valence-corrected chi connectivity index (χ3v) is 4.18. The molecule has 2 rings (SSSR count). The number of hydrogen-bond donors (Lipinski definition) is 2. The van der Waals surface area contributed by atoms with E-state index in [0.29, 0.717) is 12.2 Å². The predicted molar refractivity (Wildman–Crippen MR) is 81.6 cm³/mol. The predicted octanol–water partition coefficient (Wildman–Crippen LogP) is 2.77. The Balaban J connectivity index is 1.82. The van der Waals surface area contributed by atoms with Gasteiger partial charge >= 0.3 is 0 Å². The van der Waals surface area contributed by atoms with Crippen LogP contribution in [0.2, 0.25) is 0 Å². The maximum absolute atomic E-state index is 6.00. The molecule has 0 bridgehead atoms. The van der Waals surface area contributed by atoms with Crippen LogP contribution in [0.25, 0.3) is 0 Å². The van der Waals surface area contributed by atoms with E-state index < -0.39 is 0 Å². The van der Waals surface area contributed by atoms with Gasteiger partial charge in [-0.2, -0.15) is 0 Å². The van der Waals surface area contributed by atoms with Gasteiger partial charge in [0.15, 0.2) is 0 Å². The molecule has 0 aliphatic carbocycles. The number of hydrogen-bond acceptors (Lipinski definition) is 4. The number of nitrogens with one attached hydrogen (secondary N) is 2. The molecule has 0 aromatic rings. The summed E-state index contributed by atoms with van der Waals surface area (Å²) in [4.78, 5) is 0. The molecule has 4 heteroatoms. The average Bonchev–Trinajstić information content (AvgIpc) is 2.20. The van der Waals surface area contributed by atoms with Gasteiger partial charge in [-0.3, -0.25) is 10.6 Å². The zero-order chi connectivity index (χ0) is 15.0. The van der Waals surface area contributed by atoms with Crippen LogP contribution in [0.4, 0.5) is 0 Å². The molecule has 2 heterocycles. The summed E-state index contributed by atoms with van der Waals surface area (Å²) in [5.41, 5.74) is 0.325. The lowest BCUT2D eigenvalue weighted by atomic mass is 9.93. The molecule has 4 atom stereocenters. The van der Waals surface area contributed by atoms with Crippen molar-refractivity contribution < 1.29 is 9.47 Å². The van der Waals surface area contributed by atoms with Gasteiger partial charge in [-0.1, -0.05) is 0 Å². The van der Waals surface area contributed by atoms with Crippen molar-refractivity contribution in [1.29, 1.82) is 0 Å². The molecule has 2 N–H and O–H groups in total. The van der Waals surface area contributed by atoms with E-state index in [2.05, 4.69) is 52.2 Å². The highest BCUT2D eigenvalue weighted by atomic mass is 16.5. The molecule has 0 aromatic heterocycles. The van der Waals surface area contributed by atoms with Crippen LogP contribution in [0.5, 0.6) is 0 Å². The molecule has 0 spiro atoms. The fraction of sp³-hybridized carbons (Fsp3) is 1.00. The van der Waals surface area contributed by atoms with Crippen molar-refractivity contribution >= 4 is 0 Å². The molecular formula is C16H32N2O2. The SMILES string of the molecule is CC1CC(C)(C)NC(CCC2NC(C)(C)CC(C)O2)O1. The Morgan fingerprint density at radius 1 is 0.800 bits per heavy atom. The second-order valence-corrected chi connectivity index (χ2v) is 7.91.